The number of fused-ring (bicyclic) bond motifs is 1. The number of aromatic amines is 2. The SMILES string of the molecule is CCNc1nnc(S[C@@H](C)C(=O)Nc2ccc3[nH]c(=O)[nH]c3c2)s1. The molecule has 0 unspecified atom stereocenters. The van der Waals surface area contributed by atoms with Gasteiger partial charge in [0.05, 0.1) is 16.3 Å². The van der Waals surface area contributed by atoms with Gasteiger partial charge in [-0.1, -0.05) is 23.1 Å². The van der Waals surface area contributed by atoms with Gasteiger partial charge in [0.25, 0.3) is 0 Å². The molecule has 1 atom stereocenters. The van der Waals surface area contributed by atoms with E-state index in [9.17, 15) is 9.59 Å². The Balaban J connectivity index is 1.64. The van der Waals surface area contributed by atoms with Crippen molar-refractivity contribution in [3.8, 4) is 0 Å². The predicted molar refractivity (Wildman–Crippen MR) is 96.9 cm³/mol. The molecule has 0 spiro atoms. The fourth-order valence-electron chi connectivity index (χ4n) is 2.04. The normalized spacial score (nSPS) is 12.2. The van der Waals surface area contributed by atoms with Gasteiger partial charge >= 0.3 is 5.69 Å². The van der Waals surface area contributed by atoms with Crippen LogP contribution in [0.1, 0.15) is 13.8 Å². The summed E-state index contributed by atoms with van der Waals surface area (Å²) in [5.74, 6) is -0.141. The second-order valence-electron chi connectivity index (χ2n) is 4.99. The van der Waals surface area contributed by atoms with Crippen molar-refractivity contribution in [2.75, 3.05) is 17.2 Å². The molecule has 1 aromatic carbocycles. The second kappa shape index (κ2) is 7.05. The Morgan fingerprint density at radius 1 is 1.33 bits per heavy atom. The van der Waals surface area contributed by atoms with Crippen LogP contribution >= 0.6 is 23.1 Å². The standard InChI is InChI=1S/C14H16N6O2S2/c1-3-15-13-19-20-14(24-13)23-7(2)11(21)16-8-4-5-9-10(6-8)18-12(22)17-9/h4-7H,3H2,1-2H3,(H,15,19)(H,16,21)(H2,17,18,22)/t7-/m0/s1. The van der Waals surface area contributed by atoms with Crippen molar-refractivity contribution in [1.29, 1.82) is 0 Å². The van der Waals surface area contributed by atoms with Gasteiger partial charge in [0.15, 0.2) is 4.34 Å². The zero-order chi connectivity index (χ0) is 17.1. The quantitative estimate of drug-likeness (QED) is 0.499. The number of benzene rings is 1. The number of imidazole rings is 1. The zero-order valence-corrected chi connectivity index (χ0v) is 14.7. The molecule has 0 aliphatic rings. The number of hydrogen-bond donors (Lipinski definition) is 4. The molecule has 0 radical (unpaired) electrons. The van der Waals surface area contributed by atoms with Gasteiger partial charge in [0.1, 0.15) is 0 Å². The molecule has 4 N–H and O–H groups in total. The largest absolute Gasteiger partial charge is 0.360 e. The number of carbonyl (C=O) groups is 1. The molecule has 0 aliphatic heterocycles. The molecular weight excluding hydrogens is 348 g/mol. The Hall–Kier alpha value is -2.33. The van der Waals surface area contributed by atoms with E-state index in [0.29, 0.717) is 16.7 Å². The Kier molecular flexibility index (Phi) is 4.86. The molecule has 126 valence electrons. The molecule has 3 aromatic rings. The smallest absolute Gasteiger partial charge is 0.323 e. The Bertz CT molecular complexity index is 915. The number of carbonyl (C=O) groups excluding carboxylic acids is 1. The van der Waals surface area contributed by atoms with Crippen LogP contribution in [0.4, 0.5) is 10.8 Å². The van der Waals surface area contributed by atoms with Crippen molar-refractivity contribution in [3.05, 3.63) is 28.7 Å². The van der Waals surface area contributed by atoms with E-state index in [1.54, 1.807) is 18.2 Å². The molecule has 0 saturated heterocycles. The highest BCUT2D eigenvalue weighted by Gasteiger charge is 2.17. The molecule has 1 amide bonds. The lowest BCUT2D eigenvalue weighted by Crippen LogP contribution is -2.22. The molecule has 2 aromatic heterocycles. The number of thioether (sulfide) groups is 1. The number of anilines is 2. The van der Waals surface area contributed by atoms with E-state index in [1.807, 2.05) is 13.8 Å². The number of H-pyrrole nitrogens is 2. The highest BCUT2D eigenvalue weighted by molar-refractivity contribution is 8.02. The van der Waals surface area contributed by atoms with Gasteiger partial charge in [-0.2, -0.15) is 0 Å². The van der Waals surface area contributed by atoms with E-state index in [4.69, 9.17) is 0 Å². The molecule has 0 bridgehead atoms. The van der Waals surface area contributed by atoms with Crippen molar-refractivity contribution in [3.63, 3.8) is 0 Å². The maximum Gasteiger partial charge on any atom is 0.323 e. The van der Waals surface area contributed by atoms with Gasteiger partial charge in [-0.15, -0.1) is 10.2 Å². The maximum absolute atomic E-state index is 12.3. The van der Waals surface area contributed by atoms with Crippen LogP contribution in [-0.2, 0) is 4.79 Å². The summed E-state index contributed by atoms with van der Waals surface area (Å²) < 4.78 is 0.735. The third-order valence-corrected chi connectivity index (χ3v) is 5.23. The van der Waals surface area contributed by atoms with Gasteiger partial charge in [0, 0.05) is 12.2 Å². The van der Waals surface area contributed by atoms with Crippen molar-refractivity contribution in [2.24, 2.45) is 0 Å². The predicted octanol–water partition coefficient (Wildman–Crippen LogP) is 2.26. The summed E-state index contributed by atoms with van der Waals surface area (Å²) in [7, 11) is 0. The van der Waals surface area contributed by atoms with Crippen molar-refractivity contribution >= 4 is 50.9 Å². The molecule has 0 fully saturated rings. The van der Waals surface area contributed by atoms with Crippen molar-refractivity contribution in [2.45, 2.75) is 23.4 Å². The van der Waals surface area contributed by atoms with Gasteiger partial charge in [-0.05, 0) is 32.0 Å². The average molecular weight is 364 g/mol. The third-order valence-electron chi connectivity index (χ3n) is 3.16. The number of nitrogens with one attached hydrogen (secondary N) is 4. The molecule has 8 nitrogen and oxygen atoms in total. The summed E-state index contributed by atoms with van der Waals surface area (Å²) in [4.78, 5) is 28.9. The zero-order valence-electron chi connectivity index (χ0n) is 13.0. The molecule has 24 heavy (non-hydrogen) atoms. The van der Waals surface area contributed by atoms with E-state index in [1.165, 1.54) is 23.1 Å². The van der Waals surface area contributed by atoms with E-state index in [2.05, 4.69) is 30.8 Å². The first kappa shape index (κ1) is 16.5. The minimum Gasteiger partial charge on any atom is -0.360 e. The van der Waals surface area contributed by atoms with Crippen LogP contribution < -0.4 is 16.3 Å². The highest BCUT2D eigenvalue weighted by atomic mass is 32.2. The molecule has 10 heteroatoms. The molecule has 0 aliphatic carbocycles. The number of amides is 1. The lowest BCUT2D eigenvalue weighted by atomic mass is 10.2. The van der Waals surface area contributed by atoms with Crippen LogP contribution in [0.2, 0.25) is 0 Å². The van der Waals surface area contributed by atoms with Crippen LogP contribution in [0.5, 0.6) is 0 Å². The fourth-order valence-corrected chi connectivity index (χ4v) is 4.00. The molecule has 2 heterocycles. The number of nitrogens with zero attached hydrogens (tertiary/aromatic N) is 2. The molecule has 3 rings (SSSR count). The van der Waals surface area contributed by atoms with Crippen molar-refractivity contribution in [1.82, 2.24) is 20.2 Å². The van der Waals surface area contributed by atoms with Crippen LogP contribution in [-0.4, -0.2) is 37.9 Å². The summed E-state index contributed by atoms with van der Waals surface area (Å²) in [6.07, 6.45) is 0. The van der Waals surface area contributed by atoms with E-state index < -0.39 is 0 Å². The Labute approximate surface area is 145 Å². The van der Waals surface area contributed by atoms with Gasteiger partial charge < -0.3 is 20.6 Å². The Morgan fingerprint density at radius 3 is 2.92 bits per heavy atom. The Morgan fingerprint density at radius 2 is 2.12 bits per heavy atom. The monoisotopic (exact) mass is 364 g/mol. The van der Waals surface area contributed by atoms with E-state index in [-0.39, 0.29) is 16.8 Å². The minimum absolute atomic E-state index is 0.141. The lowest BCUT2D eigenvalue weighted by Gasteiger charge is -2.10. The number of aromatic nitrogens is 4. The van der Waals surface area contributed by atoms with Crippen LogP contribution in [0, 0.1) is 0 Å². The average Bonchev–Trinajstić information content (AvgIpc) is 3.12. The number of rotatable bonds is 6. The van der Waals surface area contributed by atoms with Gasteiger partial charge in [-0.3, -0.25) is 4.79 Å². The van der Waals surface area contributed by atoms with Crippen LogP contribution in [0.15, 0.2) is 27.3 Å². The van der Waals surface area contributed by atoms with Gasteiger partial charge in [-0.25, -0.2) is 4.79 Å². The first-order valence-electron chi connectivity index (χ1n) is 7.32. The summed E-state index contributed by atoms with van der Waals surface area (Å²) in [6, 6.07) is 5.21. The van der Waals surface area contributed by atoms with Gasteiger partial charge in [0.2, 0.25) is 11.0 Å². The maximum atomic E-state index is 12.3. The summed E-state index contributed by atoms with van der Waals surface area (Å²) in [5.41, 5.74) is 1.70. The lowest BCUT2D eigenvalue weighted by molar-refractivity contribution is -0.115. The summed E-state index contributed by atoms with van der Waals surface area (Å²) in [5, 5.41) is 14.4. The topological polar surface area (TPSA) is 116 Å². The first-order chi connectivity index (χ1) is 11.5. The summed E-state index contributed by atoms with van der Waals surface area (Å²) in [6.45, 7) is 4.57. The molecule has 0 saturated carbocycles. The highest BCUT2D eigenvalue weighted by Crippen LogP contribution is 2.29. The van der Waals surface area contributed by atoms with Crippen molar-refractivity contribution < 1.29 is 4.79 Å². The third kappa shape index (κ3) is 3.77. The second-order valence-corrected chi connectivity index (χ2v) is 7.56. The van der Waals surface area contributed by atoms with E-state index >= 15 is 0 Å². The number of hydrogen-bond acceptors (Lipinski definition) is 7. The van der Waals surface area contributed by atoms with E-state index in [0.717, 1.165) is 16.0 Å². The van der Waals surface area contributed by atoms with Crippen LogP contribution in [0.25, 0.3) is 11.0 Å². The minimum atomic E-state index is -0.326. The first-order valence-corrected chi connectivity index (χ1v) is 9.01. The molecular formula is C14H16N6O2S2. The van der Waals surface area contributed by atoms with Crippen LogP contribution in [0.3, 0.4) is 0 Å². The fraction of sp³-hybridized carbons (Fsp3) is 0.286. The summed E-state index contributed by atoms with van der Waals surface area (Å²) >= 11 is 2.77.